The molecule has 0 radical (unpaired) electrons. The molecule has 0 unspecified atom stereocenters. The molecule has 0 amide bonds. The first-order valence-corrected chi connectivity index (χ1v) is 9.47. The Labute approximate surface area is 130 Å². The van der Waals surface area contributed by atoms with E-state index in [9.17, 15) is 0 Å². The van der Waals surface area contributed by atoms with Crippen molar-refractivity contribution in [3.8, 4) is 0 Å². The molecule has 3 N–H and O–H groups in total. The zero-order chi connectivity index (χ0) is 16.0. The van der Waals surface area contributed by atoms with Gasteiger partial charge in [-0.2, -0.15) is 0 Å². The van der Waals surface area contributed by atoms with Crippen LogP contribution in [0.15, 0.2) is 0 Å². The summed E-state index contributed by atoms with van der Waals surface area (Å²) in [5.74, 6) is 0. The van der Waals surface area contributed by atoms with Gasteiger partial charge in [-0.05, 0) is 39.8 Å². The molecule has 0 aromatic rings. The van der Waals surface area contributed by atoms with Crippen LogP contribution in [-0.4, -0.2) is 62.0 Å². The zero-order valence-electron chi connectivity index (χ0n) is 13.9. The molecular weight excluding hydrogens is 292 g/mol. The van der Waals surface area contributed by atoms with Gasteiger partial charge in [-0.1, -0.05) is 0 Å². The van der Waals surface area contributed by atoms with Crippen LogP contribution in [-0.2, 0) is 23.1 Å². The first-order valence-electron chi connectivity index (χ1n) is 7.71. The summed E-state index contributed by atoms with van der Waals surface area (Å²) in [4.78, 5) is 0. The molecule has 0 bridgehead atoms. The number of hydrogen-bond acceptors (Lipinski definition) is 7. The van der Waals surface area contributed by atoms with Gasteiger partial charge in [0.1, 0.15) is 0 Å². The topological polar surface area (TPSA) is 84.2 Å². The summed E-state index contributed by atoms with van der Waals surface area (Å²) in [6.45, 7) is 9.26. The molecule has 0 heterocycles. The normalized spacial score (nSPS) is 13.6. The van der Waals surface area contributed by atoms with E-state index in [0.29, 0.717) is 26.4 Å². The summed E-state index contributed by atoms with van der Waals surface area (Å²) in [6.07, 6.45) is -0.485. The Bertz CT molecular complexity index is 220. The van der Waals surface area contributed by atoms with Crippen LogP contribution >= 0.6 is 0 Å². The number of rotatable bonds is 15. The highest BCUT2D eigenvalue weighted by atomic mass is 28.3. The summed E-state index contributed by atoms with van der Waals surface area (Å²) in [5.41, 5.74) is 5.43. The molecule has 0 aromatic heterocycles. The van der Waals surface area contributed by atoms with E-state index in [1.165, 1.54) is 0 Å². The molecule has 0 aliphatic rings. The van der Waals surface area contributed by atoms with E-state index >= 15 is 0 Å². The Hall–Kier alpha value is -0.0631. The third kappa shape index (κ3) is 9.53. The van der Waals surface area contributed by atoms with Gasteiger partial charge in [0, 0.05) is 20.2 Å². The Balaban J connectivity index is 4.39. The van der Waals surface area contributed by atoms with E-state index in [1.807, 2.05) is 20.8 Å². The minimum atomic E-state index is -1.93. The molecular formula is C13H32N2O5Si. The number of hydrogen-bond donors (Lipinski definition) is 2. The molecule has 0 rings (SSSR count). The highest BCUT2D eigenvalue weighted by Crippen LogP contribution is 2.20. The maximum absolute atomic E-state index is 5.91. The highest BCUT2D eigenvalue weighted by molar-refractivity contribution is 6.44. The van der Waals surface area contributed by atoms with Gasteiger partial charge < -0.3 is 34.1 Å². The monoisotopic (exact) mass is 324 g/mol. The molecule has 0 aliphatic carbocycles. The lowest BCUT2D eigenvalue weighted by molar-refractivity contribution is -0.473. The summed E-state index contributed by atoms with van der Waals surface area (Å²) in [5, 5.41) is 3.25. The highest BCUT2D eigenvalue weighted by Gasteiger charge is 2.38. The molecule has 21 heavy (non-hydrogen) atoms. The smallest absolute Gasteiger partial charge is 0.400 e. The lowest BCUT2D eigenvalue weighted by atomic mass is 10.5. The van der Waals surface area contributed by atoms with Crippen LogP contribution in [0.3, 0.4) is 0 Å². The molecule has 0 fully saturated rings. The predicted molar refractivity (Wildman–Crippen MR) is 84.2 cm³/mol. The molecule has 0 spiro atoms. The second kappa shape index (κ2) is 13.6. The van der Waals surface area contributed by atoms with Gasteiger partial charge in [-0.15, -0.1) is 0 Å². The molecule has 0 saturated heterocycles. The predicted octanol–water partition coefficient (Wildman–Crippen LogP) is 0.529. The lowest BCUT2D eigenvalue weighted by Crippen LogP contribution is -2.47. The van der Waals surface area contributed by atoms with Crippen molar-refractivity contribution >= 4 is 9.28 Å². The van der Waals surface area contributed by atoms with Crippen LogP contribution in [0.4, 0.5) is 0 Å². The van der Waals surface area contributed by atoms with Crippen LogP contribution in [0.2, 0.25) is 6.04 Å². The largest absolute Gasteiger partial charge is 0.404 e. The van der Waals surface area contributed by atoms with Crippen LogP contribution < -0.4 is 11.1 Å². The van der Waals surface area contributed by atoms with Crippen molar-refractivity contribution in [3.63, 3.8) is 0 Å². The summed E-state index contributed by atoms with van der Waals surface area (Å²) >= 11 is 0. The third-order valence-corrected chi connectivity index (χ3v) is 4.57. The SMILES string of the molecule is CCOC(OCC)(OCC)O[Si@H](CCCNCCN)OC. The minimum Gasteiger partial charge on any atom is -0.400 e. The molecule has 0 aromatic carbocycles. The third-order valence-electron chi connectivity index (χ3n) is 2.62. The Kier molecular flexibility index (Phi) is 13.5. The molecule has 7 nitrogen and oxygen atoms in total. The van der Waals surface area contributed by atoms with E-state index in [-0.39, 0.29) is 0 Å². The van der Waals surface area contributed by atoms with E-state index in [2.05, 4.69) is 5.32 Å². The second-order valence-corrected chi connectivity index (χ2v) is 6.41. The zero-order valence-corrected chi connectivity index (χ0v) is 15.0. The Morgan fingerprint density at radius 1 is 1.00 bits per heavy atom. The van der Waals surface area contributed by atoms with E-state index in [1.54, 1.807) is 7.11 Å². The van der Waals surface area contributed by atoms with Gasteiger partial charge in [-0.25, -0.2) is 0 Å². The maximum atomic E-state index is 5.91. The van der Waals surface area contributed by atoms with Gasteiger partial charge in [-0.3, -0.25) is 0 Å². The Morgan fingerprint density at radius 3 is 2.00 bits per heavy atom. The fourth-order valence-corrected chi connectivity index (χ4v) is 3.28. The number of nitrogens with two attached hydrogens (primary N) is 1. The summed E-state index contributed by atoms with van der Waals surface area (Å²) < 4.78 is 28.0. The van der Waals surface area contributed by atoms with Gasteiger partial charge in [0.25, 0.3) is 0 Å². The quantitative estimate of drug-likeness (QED) is 0.258. The first-order chi connectivity index (χ1) is 10.2. The van der Waals surface area contributed by atoms with Crippen LogP contribution in [0.5, 0.6) is 0 Å². The molecule has 8 heteroatoms. The van der Waals surface area contributed by atoms with Crippen molar-refractivity contribution < 1.29 is 23.1 Å². The average molecular weight is 324 g/mol. The lowest BCUT2D eigenvalue weighted by Gasteiger charge is -2.33. The van der Waals surface area contributed by atoms with Crippen molar-refractivity contribution in [2.45, 2.75) is 39.4 Å². The van der Waals surface area contributed by atoms with Crippen molar-refractivity contribution in [1.29, 1.82) is 0 Å². The van der Waals surface area contributed by atoms with Crippen LogP contribution in [0, 0.1) is 0 Å². The fourth-order valence-electron chi connectivity index (χ4n) is 1.76. The molecule has 0 aliphatic heterocycles. The van der Waals surface area contributed by atoms with Crippen LogP contribution in [0.25, 0.3) is 0 Å². The van der Waals surface area contributed by atoms with Gasteiger partial charge in [0.05, 0.1) is 19.8 Å². The van der Waals surface area contributed by atoms with Gasteiger partial charge >= 0.3 is 15.4 Å². The van der Waals surface area contributed by atoms with E-state index in [0.717, 1.165) is 25.6 Å². The maximum Gasteiger partial charge on any atom is 0.404 e. The summed E-state index contributed by atoms with van der Waals surface area (Å²) in [7, 11) is -0.279. The minimum absolute atomic E-state index is 0.433. The first kappa shape index (κ1) is 20.9. The number of ether oxygens (including phenoxy) is 3. The van der Waals surface area contributed by atoms with Crippen molar-refractivity contribution in [2.24, 2.45) is 5.73 Å². The molecule has 1 atom stereocenters. The standard InChI is InChI=1S/C13H32N2O5Si/c1-5-17-13(18-6-2,19-7-3)20-21(16-4)12-8-10-15-11-9-14/h15,21H,5-12,14H2,1-4H3/t21-/m1/s1. The summed E-state index contributed by atoms with van der Waals surface area (Å²) in [6, 6.07) is 0.836. The van der Waals surface area contributed by atoms with Crippen molar-refractivity contribution in [1.82, 2.24) is 5.32 Å². The molecule has 128 valence electrons. The van der Waals surface area contributed by atoms with E-state index < -0.39 is 15.4 Å². The molecule has 0 saturated carbocycles. The average Bonchev–Trinajstić information content (AvgIpc) is 2.46. The second-order valence-electron chi connectivity index (χ2n) is 4.26. The number of nitrogens with one attached hydrogen (secondary N) is 1. The van der Waals surface area contributed by atoms with E-state index in [4.69, 9.17) is 28.8 Å². The Morgan fingerprint density at radius 2 is 1.57 bits per heavy atom. The fraction of sp³-hybridized carbons (Fsp3) is 1.00. The van der Waals surface area contributed by atoms with Gasteiger partial charge in [0.15, 0.2) is 0 Å². The van der Waals surface area contributed by atoms with Crippen molar-refractivity contribution in [2.75, 3.05) is 46.6 Å². The van der Waals surface area contributed by atoms with Crippen LogP contribution in [0.1, 0.15) is 27.2 Å². The van der Waals surface area contributed by atoms with Gasteiger partial charge in [0.2, 0.25) is 0 Å². The van der Waals surface area contributed by atoms with Crippen molar-refractivity contribution in [3.05, 3.63) is 0 Å².